The van der Waals surface area contributed by atoms with Gasteiger partial charge < -0.3 is 4.70 Å². The van der Waals surface area contributed by atoms with E-state index in [9.17, 15) is 6.63 Å². The SMILES string of the molecule is [Cs+].[F-].[F][Zn][F]. The minimum atomic E-state index is -2.88. The molecule has 0 saturated carbocycles. The van der Waals surface area contributed by atoms with Crippen LogP contribution in [0.15, 0.2) is 0 Å². The standard InChI is InChI=1S/Cs.3FH.Zn/h;3*1H;/q+1;;;;+2/p-3. The Kier molecular flexibility index (Phi) is 50.3. The average molecular weight is 255 g/mol. The molecule has 0 heterocycles. The van der Waals surface area contributed by atoms with Gasteiger partial charge in [-0.2, -0.15) is 0 Å². The number of rotatable bonds is 0. The predicted octanol–water partition coefficient (Wildman–Crippen LogP) is -5.15. The predicted molar refractivity (Wildman–Crippen MR) is 2.22 cm³/mol. The van der Waals surface area contributed by atoms with Crippen LogP contribution in [0.25, 0.3) is 0 Å². The fourth-order valence-corrected chi connectivity index (χ4v) is 0. The molecule has 0 spiro atoms. The third kappa shape index (κ3) is 21.2. The molecule has 0 aromatic carbocycles. The summed E-state index contributed by atoms with van der Waals surface area (Å²) in [5.74, 6) is 0. The Bertz CT molecular complexity index is 6.85. The van der Waals surface area contributed by atoms with E-state index in [-0.39, 0.29) is 73.6 Å². The van der Waals surface area contributed by atoms with E-state index < -0.39 is 18.1 Å². The first-order chi connectivity index (χ1) is 1.41. The van der Waals surface area contributed by atoms with Crippen LogP contribution in [0, 0.1) is 0 Å². The van der Waals surface area contributed by atoms with Crippen molar-refractivity contribution < 1.29 is 98.4 Å². The van der Waals surface area contributed by atoms with Crippen molar-refractivity contribution in [1.82, 2.24) is 0 Å². The van der Waals surface area contributed by atoms with Crippen LogP contribution in [0.4, 0.5) is 6.63 Å². The van der Waals surface area contributed by atoms with Gasteiger partial charge in [0.25, 0.3) is 0 Å². The molecule has 0 aliphatic rings. The molecule has 0 rings (SSSR count). The molecule has 0 aliphatic carbocycles. The van der Waals surface area contributed by atoms with E-state index in [2.05, 4.69) is 0 Å². The van der Waals surface area contributed by atoms with Crippen LogP contribution in [-0.2, 0) is 18.1 Å². The summed E-state index contributed by atoms with van der Waals surface area (Å²) in [4.78, 5) is 0. The summed E-state index contributed by atoms with van der Waals surface area (Å²) in [6.07, 6.45) is 0. The Morgan fingerprint density at radius 2 is 1.20 bits per heavy atom. The first-order valence-electron chi connectivity index (χ1n) is 0.535. The van der Waals surface area contributed by atoms with Gasteiger partial charge in [-0.3, -0.25) is 0 Å². The van der Waals surface area contributed by atoms with Crippen molar-refractivity contribution in [3.63, 3.8) is 0 Å². The van der Waals surface area contributed by atoms with Crippen molar-refractivity contribution in [3.8, 4) is 0 Å². The van der Waals surface area contributed by atoms with Crippen LogP contribution in [-0.4, -0.2) is 0 Å². The Hall–Kier alpha value is 2.47. The topological polar surface area (TPSA) is 0 Å². The van der Waals surface area contributed by atoms with Crippen molar-refractivity contribution in [3.05, 3.63) is 0 Å². The second-order valence-electron chi connectivity index (χ2n) is 0.101. The van der Waals surface area contributed by atoms with Gasteiger partial charge in [0.15, 0.2) is 0 Å². The number of halogens is 3. The molecule has 0 aromatic rings. The van der Waals surface area contributed by atoms with E-state index in [1.807, 2.05) is 0 Å². The summed E-state index contributed by atoms with van der Waals surface area (Å²) in [6.45, 7) is 0. The monoisotopic (exact) mass is 254 g/mol. The maximum absolute atomic E-state index is 9.81. The van der Waals surface area contributed by atoms with Crippen LogP contribution in [0.2, 0.25) is 0 Å². The molecule has 0 atom stereocenters. The maximum atomic E-state index is 9.81. The van der Waals surface area contributed by atoms with Crippen molar-refractivity contribution in [2.75, 3.05) is 0 Å². The van der Waals surface area contributed by atoms with Crippen molar-refractivity contribution in [1.29, 1.82) is 0 Å². The van der Waals surface area contributed by atoms with Gasteiger partial charge in [-0.1, -0.05) is 0 Å². The van der Waals surface area contributed by atoms with Crippen LogP contribution in [0.5, 0.6) is 0 Å². The molecule has 0 radical (unpaired) electrons. The van der Waals surface area contributed by atoms with Gasteiger partial charge in [0.05, 0.1) is 0 Å². The fourth-order valence-electron chi connectivity index (χ4n) is 0. The Morgan fingerprint density at radius 3 is 1.20 bits per heavy atom. The molecule has 0 unspecified atom stereocenters. The summed E-state index contributed by atoms with van der Waals surface area (Å²) in [5.41, 5.74) is 0. The van der Waals surface area contributed by atoms with Crippen LogP contribution in [0.3, 0.4) is 0 Å². The van der Waals surface area contributed by atoms with Gasteiger partial charge >= 0.3 is 93.6 Å². The van der Waals surface area contributed by atoms with Crippen LogP contribution < -0.4 is 73.6 Å². The van der Waals surface area contributed by atoms with Gasteiger partial charge in [0.1, 0.15) is 0 Å². The zero-order chi connectivity index (χ0) is 2.71. The molecule has 5 heteroatoms. The number of hydrogen-bond acceptors (Lipinski definition) is 0. The first-order valence-corrected chi connectivity index (χ1v) is 2.78. The van der Waals surface area contributed by atoms with Crippen LogP contribution >= 0.6 is 0 Å². The van der Waals surface area contributed by atoms with E-state index >= 15 is 0 Å². The van der Waals surface area contributed by atoms with Crippen molar-refractivity contribution in [2.45, 2.75) is 0 Å². The quantitative estimate of drug-likeness (QED) is 0.380. The van der Waals surface area contributed by atoms with E-state index in [1.54, 1.807) is 0 Å². The minimum absolute atomic E-state index is 0. The second-order valence-corrected chi connectivity index (χ2v) is 0.525. The van der Waals surface area contributed by atoms with Gasteiger partial charge in [0.2, 0.25) is 0 Å². The molecule has 0 nitrogen and oxygen atoms in total. The van der Waals surface area contributed by atoms with Crippen molar-refractivity contribution >= 4 is 0 Å². The molecule has 0 amide bonds. The number of hydrogen-bond donors (Lipinski definition) is 0. The second kappa shape index (κ2) is 16.1. The normalized spacial score (nSPS) is 2.00. The zero-order valence-corrected chi connectivity index (χ0v) is 12.1. The van der Waals surface area contributed by atoms with Gasteiger partial charge in [-0.25, -0.2) is 0 Å². The summed E-state index contributed by atoms with van der Waals surface area (Å²) >= 11 is -2.88. The Morgan fingerprint density at radius 1 is 1.20 bits per heavy atom. The van der Waals surface area contributed by atoms with Gasteiger partial charge in [-0.05, 0) is 0 Å². The molecule has 5 heavy (non-hydrogen) atoms. The third-order valence-corrected chi connectivity index (χ3v) is 0. The molecule has 0 N–H and O–H groups in total. The molecular weight excluding hydrogens is 255 g/mol. The van der Waals surface area contributed by atoms with E-state index in [1.165, 1.54) is 0 Å². The van der Waals surface area contributed by atoms with Gasteiger partial charge in [-0.15, -0.1) is 0 Å². The molecule has 0 bridgehead atoms. The first kappa shape index (κ1) is 15.7. The molecule has 24 valence electrons. The summed E-state index contributed by atoms with van der Waals surface area (Å²) < 4.78 is 19.6. The van der Waals surface area contributed by atoms with Crippen LogP contribution in [0.1, 0.15) is 0 Å². The summed E-state index contributed by atoms with van der Waals surface area (Å²) in [6, 6.07) is 0. The van der Waals surface area contributed by atoms with Gasteiger partial charge in [0, 0.05) is 0 Å². The van der Waals surface area contributed by atoms with Crippen molar-refractivity contribution in [2.24, 2.45) is 0 Å². The van der Waals surface area contributed by atoms with E-state index in [0.717, 1.165) is 0 Å². The van der Waals surface area contributed by atoms with E-state index in [4.69, 9.17) is 0 Å². The summed E-state index contributed by atoms with van der Waals surface area (Å²) in [5, 5.41) is 0. The molecular formula is CsF3Zn. The average Bonchev–Trinajstić information content (AvgIpc) is 0.918. The third-order valence-electron chi connectivity index (χ3n) is 0. The van der Waals surface area contributed by atoms with E-state index in [0.29, 0.717) is 0 Å². The Balaban J connectivity index is -0.0000000200. The summed E-state index contributed by atoms with van der Waals surface area (Å²) in [7, 11) is 0. The molecule has 0 aliphatic heterocycles. The molecule has 0 fully saturated rings. The zero-order valence-electron chi connectivity index (χ0n) is 2.84. The Labute approximate surface area is 95.6 Å². The fraction of sp³-hybridized carbons (Fsp3) is 0. The molecule has 0 aromatic heterocycles. The molecule has 0 saturated heterocycles.